The molecule has 1 atom stereocenters. The van der Waals surface area contributed by atoms with Crippen LogP contribution in [0.25, 0.3) is 0 Å². The lowest BCUT2D eigenvalue weighted by molar-refractivity contribution is 0.0943. The van der Waals surface area contributed by atoms with Crippen LogP contribution in [0.4, 0.5) is 15.2 Å². The van der Waals surface area contributed by atoms with Crippen molar-refractivity contribution in [3.8, 4) is 0 Å². The van der Waals surface area contributed by atoms with Gasteiger partial charge in [0.05, 0.1) is 11.7 Å². The lowest BCUT2D eigenvalue weighted by Crippen LogP contribution is -2.26. The van der Waals surface area contributed by atoms with Crippen molar-refractivity contribution in [2.75, 3.05) is 5.32 Å². The van der Waals surface area contributed by atoms with E-state index in [-0.39, 0.29) is 17.8 Å². The van der Waals surface area contributed by atoms with E-state index in [1.165, 1.54) is 23.5 Å². The molecular weight excluding hydrogens is 417 g/mol. The van der Waals surface area contributed by atoms with Gasteiger partial charge in [0.25, 0.3) is 5.91 Å². The second-order valence-electron chi connectivity index (χ2n) is 5.81. The van der Waals surface area contributed by atoms with E-state index < -0.39 is 0 Å². The molecule has 1 unspecified atom stereocenters. The lowest BCUT2D eigenvalue weighted by atomic mass is 10.1. The molecule has 1 amide bonds. The molecule has 0 aliphatic rings. The van der Waals surface area contributed by atoms with E-state index in [0.717, 1.165) is 15.7 Å². The van der Waals surface area contributed by atoms with Crippen LogP contribution < -0.4 is 10.6 Å². The number of nitrogens with one attached hydrogen (secondary N) is 2. The number of aromatic nitrogens is 1. The quantitative estimate of drug-likeness (QED) is 0.551. The summed E-state index contributed by atoms with van der Waals surface area (Å²) in [4.78, 5) is 17.5. The normalized spacial score (nSPS) is 11.8. The van der Waals surface area contributed by atoms with Crippen molar-refractivity contribution in [1.29, 1.82) is 0 Å². The molecule has 1 aromatic heterocycles. The third-order valence-electron chi connectivity index (χ3n) is 3.82. The molecule has 0 aliphatic carbocycles. The van der Waals surface area contributed by atoms with Gasteiger partial charge >= 0.3 is 0 Å². The molecule has 26 heavy (non-hydrogen) atoms. The number of amides is 1. The smallest absolute Gasteiger partial charge is 0.263 e. The standard InChI is InChI=1S/C19H17BrFN3OS/c1-11(13-3-5-14(20)6-4-13)22-18(25)17-12(2)23-19(26-17)24-16-9-7-15(21)8-10-16/h3-11H,1-2H3,(H,22,25)(H,23,24). The summed E-state index contributed by atoms with van der Waals surface area (Å²) in [6.07, 6.45) is 0. The van der Waals surface area contributed by atoms with Crippen molar-refractivity contribution in [2.24, 2.45) is 0 Å². The fraction of sp³-hybridized carbons (Fsp3) is 0.158. The Morgan fingerprint density at radius 2 is 1.81 bits per heavy atom. The highest BCUT2D eigenvalue weighted by molar-refractivity contribution is 9.10. The Hall–Kier alpha value is -2.25. The molecule has 3 rings (SSSR count). The zero-order chi connectivity index (χ0) is 18.7. The summed E-state index contributed by atoms with van der Waals surface area (Å²) in [6.45, 7) is 3.74. The number of carbonyl (C=O) groups excluding carboxylic acids is 1. The number of carbonyl (C=O) groups is 1. The highest BCUT2D eigenvalue weighted by Crippen LogP contribution is 2.26. The van der Waals surface area contributed by atoms with Crippen LogP contribution in [0.2, 0.25) is 0 Å². The van der Waals surface area contributed by atoms with E-state index in [1.807, 2.05) is 31.2 Å². The molecule has 0 bridgehead atoms. The molecule has 3 aromatic rings. The number of thiazole rings is 1. The summed E-state index contributed by atoms with van der Waals surface area (Å²) >= 11 is 4.67. The van der Waals surface area contributed by atoms with Crippen LogP contribution in [-0.4, -0.2) is 10.9 Å². The monoisotopic (exact) mass is 433 g/mol. The molecule has 0 spiro atoms. The molecule has 134 valence electrons. The van der Waals surface area contributed by atoms with E-state index in [4.69, 9.17) is 0 Å². The van der Waals surface area contributed by atoms with Crippen molar-refractivity contribution in [1.82, 2.24) is 10.3 Å². The number of hydrogen-bond acceptors (Lipinski definition) is 4. The van der Waals surface area contributed by atoms with Crippen LogP contribution in [0.3, 0.4) is 0 Å². The zero-order valence-corrected chi connectivity index (χ0v) is 16.6. The van der Waals surface area contributed by atoms with Gasteiger partial charge in [-0.2, -0.15) is 0 Å². The Morgan fingerprint density at radius 1 is 1.15 bits per heavy atom. The van der Waals surface area contributed by atoms with Gasteiger partial charge in [-0.1, -0.05) is 39.4 Å². The van der Waals surface area contributed by atoms with E-state index in [1.54, 1.807) is 19.1 Å². The molecule has 0 saturated carbocycles. The average Bonchev–Trinajstić information content (AvgIpc) is 2.98. The van der Waals surface area contributed by atoms with Crippen LogP contribution in [0, 0.1) is 12.7 Å². The molecule has 7 heteroatoms. The maximum absolute atomic E-state index is 13.0. The number of benzene rings is 2. The molecule has 2 aromatic carbocycles. The van der Waals surface area contributed by atoms with Gasteiger partial charge < -0.3 is 10.6 Å². The minimum Gasteiger partial charge on any atom is -0.345 e. The maximum Gasteiger partial charge on any atom is 0.263 e. The van der Waals surface area contributed by atoms with Crippen molar-refractivity contribution in [3.05, 3.63) is 75.0 Å². The third-order valence-corrected chi connectivity index (χ3v) is 5.42. The Morgan fingerprint density at radius 3 is 2.46 bits per heavy atom. The fourth-order valence-corrected chi connectivity index (χ4v) is 3.57. The maximum atomic E-state index is 13.0. The Bertz CT molecular complexity index is 910. The van der Waals surface area contributed by atoms with Gasteiger partial charge in [0.15, 0.2) is 5.13 Å². The van der Waals surface area contributed by atoms with Gasteiger partial charge in [-0.05, 0) is 55.8 Å². The molecular formula is C19H17BrFN3OS. The SMILES string of the molecule is Cc1nc(Nc2ccc(F)cc2)sc1C(=O)NC(C)c1ccc(Br)cc1. The summed E-state index contributed by atoms with van der Waals surface area (Å²) in [5.41, 5.74) is 2.39. The molecule has 0 aliphatic heterocycles. The topological polar surface area (TPSA) is 54.0 Å². The first-order valence-electron chi connectivity index (χ1n) is 7.98. The second kappa shape index (κ2) is 7.97. The fourth-order valence-electron chi connectivity index (χ4n) is 2.41. The minimum atomic E-state index is -0.298. The van der Waals surface area contributed by atoms with Crippen LogP contribution >= 0.6 is 27.3 Å². The van der Waals surface area contributed by atoms with Crippen LogP contribution in [0.5, 0.6) is 0 Å². The van der Waals surface area contributed by atoms with Crippen LogP contribution in [0.15, 0.2) is 53.0 Å². The number of anilines is 2. The summed E-state index contributed by atoms with van der Waals surface area (Å²) in [6, 6.07) is 13.7. The zero-order valence-electron chi connectivity index (χ0n) is 14.2. The second-order valence-corrected chi connectivity index (χ2v) is 7.73. The largest absolute Gasteiger partial charge is 0.345 e. The van der Waals surface area contributed by atoms with Crippen molar-refractivity contribution < 1.29 is 9.18 Å². The summed E-state index contributed by atoms with van der Waals surface area (Å²) < 4.78 is 14.0. The molecule has 2 N–H and O–H groups in total. The van der Waals surface area contributed by atoms with Gasteiger partial charge in [-0.3, -0.25) is 4.79 Å². The van der Waals surface area contributed by atoms with Gasteiger partial charge in [0.1, 0.15) is 10.7 Å². The van der Waals surface area contributed by atoms with Crippen molar-refractivity contribution in [3.63, 3.8) is 0 Å². The van der Waals surface area contributed by atoms with Crippen molar-refractivity contribution >= 4 is 44.0 Å². The highest BCUT2D eigenvalue weighted by Gasteiger charge is 2.18. The first-order chi connectivity index (χ1) is 12.4. The van der Waals surface area contributed by atoms with Crippen molar-refractivity contribution in [2.45, 2.75) is 19.9 Å². The first-order valence-corrected chi connectivity index (χ1v) is 9.59. The number of halogens is 2. The van der Waals surface area contributed by atoms with Gasteiger partial charge in [-0.15, -0.1) is 0 Å². The predicted molar refractivity (Wildman–Crippen MR) is 107 cm³/mol. The van der Waals surface area contributed by atoms with Crippen LogP contribution in [-0.2, 0) is 0 Å². The number of hydrogen-bond donors (Lipinski definition) is 2. The van der Waals surface area contributed by atoms with Gasteiger partial charge in [-0.25, -0.2) is 9.37 Å². The van der Waals surface area contributed by atoms with E-state index >= 15 is 0 Å². The number of aryl methyl sites for hydroxylation is 1. The number of nitrogens with zero attached hydrogens (tertiary/aromatic N) is 1. The lowest BCUT2D eigenvalue weighted by Gasteiger charge is -2.14. The summed E-state index contributed by atoms with van der Waals surface area (Å²) in [5.74, 6) is -0.463. The van der Waals surface area contributed by atoms with E-state index in [9.17, 15) is 9.18 Å². The molecule has 1 heterocycles. The predicted octanol–water partition coefficient (Wildman–Crippen LogP) is 5.59. The Labute approximate surface area is 163 Å². The van der Waals surface area contributed by atoms with Gasteiger partial charge in [0, 0.05) is 10.2 Å². The summed E-state index contributed by atoms with van der Waals surface area (Å²) in [7, 11) is 0. The molecule has 0 fully saturated rings. The number of rotatable bonds is 5. The Kier molecular flexibility index (Phi) is 5.68. The average molecular weight is 434 g/mol. The third kappa shape index (κ3) is 4.47. The highest BCUT2D eigenvalue weighted by atomic mass is 79.9. The molecule has 0 radical (unpaired) electrons. The van der Waals surface area contributed by atoms with Gasteiger partial charge in [0.2, 0.25) is 0 Å². The van der Waals surface area contributed by atoms with E-state index in [0.29, 0.717) is 15.7 Å². The minimum absolute atomic E-state index is 0.120. The molecule has 0 saturated heterocycles. The van der Waals surface area contributed by atoms with E-state index in [2.05, 4.69) is 31.5 Å². The molecule has 4 nitrogen and oxygen atoms in total. The Balaban J connectivity index is 1.70. The first kappa shape index (κ1) is 18.5. The van der Waals surface area contributed by atoms with Crippen LogP contribution in [0.1, 0.15) is 33.9 Å². The summed E-state index contributed by atoms with van der Waals surface area (Å²) in [5, 5.41) is 6.68.